The lowest BCUT2D eigenvalue weighted by molar-refractivity contribution is 0.0992. The third-order valence-corrected chi connectivity index (χ3v) is 4.32. The summed E-state index contributed by atoms with van der Waals surface area (Å²) >= 11 is 4.89. The van der Waals surface area contributed by atoms with E-state index in [1.165, 1.54) is 0 Å². The van der Waals surface area contributed by atoms with Crippen LogP contribution in [0.1, 0.15) is 24.4 Å². The van der Waals surface area contributed by atoms with E-state index in [4.69, 9.17) is 8.83 Å². The van der Waals surface area contributed by atoms with Crippen LogP contribution < -0.4 is 5.32 Å². The molecule has 3 aromatic rings. The SMILES string of the molecule is CC(C)Sc1cccc(-c2nnc(NC(=O)c3ccc(Br)o3)o2)c1. The second kappa shape index (κ2) is 7.23. The first kappa shape index (κ1) is 16.8. The Hall–Kier alpha value is -2.06. The second-order valence-corrected chi connectivity index (χ2v) is 7.60. The van der Waals surface area contributed by atoms with E-state index in [1.807, 2.05) is 24.3 Å². The van der Waals surface area contributed by atoms with Gasteiger partial charge >= 0.3 is 6.01 Å². The smallest absolute Gasteiger partial charge is 0.322 e. The van der Waals surface area contributed by atoms with Gasteiger partial charge in [0.25, 0.3) is 5.91 Å². The molecule has 0 radical (unpaired) electrons. The summed E-state index contributed by atoms with van der Waals surface area (Å²) in [7, 11) is 0. The van der Waals surface area contributed by atoms with Gasteiger partial charge in [0.05, 0.1) is 0 Å². The van der Waals surface area contributed by atoms with E-state index in [9.17, 15) is 4.79 Å². The molecule has 1 N–H and O–H groups in total. The van der Waals surface area contributed by atoms with Gasteiger partial charge in [-0.1, -0.05) is 25.0 Å². The maximum Gasteiger partial charge on any atom is 0.322 e. The Morgan fingerprint density at radius 3 is 2.75 bits per heavy atom. The van der Waals surface area contributed by atoms with Crippen LogP contribution in [-0.2, 0) is 0 Å². The third-order valence-electron chi connectivity index (χ3n) is 2.90. The summed E-state index contributed by atoms with van der Waals surface area (Å²) in [6, 6.07) is 11.0. The largest absolute Gasteiger partial charge is 0.444 e. The molecule has 0 saturated carbocycles. The summed E-state index contributed by atoms with van der Waals surface area (Å²) in [5.74, 6) is 0.0362. The summed E-state index contributed by atoms with van der Waals surface area (Å²) in [5.41, 5.74) is 0.800. The number of thioether (sulfide) groups is 1. The van der Waals surface area contributed by atoms with E-state index < -0.39 is 5.91 Å². The molecule has 8 heteroatoms. The Kier molecular flexibility index (Phi) is 5.06. The maximum absolute atomic E-state index is 12.0. The summed E-state index contributed by atoms with van der Waals surface area (Å²) in [6.45, 7) is 4.26. The van der Waals surface area contributed by atoms with Crippen molar-refractivity contribution in [2.45, 2.75) is 24.0 Å². The molecular formula is C16H14BrN3O3S. The first-order valence-electron chi connectivity index (χ1n) is 7.18. The fourth-order valence-electron chi connectivity index (χ4n) is 1.96. The summed E-state index contributed by atoms with van der Waals surface area (Å²) in [5, 5.41) is 10.8. The minimum Gasteiger partial charge on any atom is -0.444 e. The number of hydrogen-bond acceptors (Lipinski definition) is 6. The number of halogens is 1. The minimum atomic E-state index is -0.458. The molecule has 0 fully saturated rings. The fourth-order valence-corrected chi connectivity index (χ4v) is 3.16. The van der Waals surface area contributed by atoms with Gasteiger partial charge in [0.2, 0.25) is 5.89 Å². The molecule has 0 aliphatic rings. The highest BCUT2D eigenvalue weighted by Crippen LogP contribution is 2.28. The number of anilines is 1. The molecule has 0 saturated heterocycles. The molecule has 0 spiro atoms. The number of aromatic nitrogens is 2. The average Bonchev–Trinajstić information content (AvgIpc) is 3.16. The molecule has 2 aromatic heterocycles. The number of benzene rings is 1. The third kappa shape index (κ3) is 4.07. The van der Waals surface area contributed by atoms with E-state index >= 15 is 0 Å². The molecule has 0 aliphatic carbocycles. The number of carbonyl (C=O) groups is 1. The van der Waals surface area contributed by atoms with Gasteiger partial charge in [-0.15, -0.1) is 16.9 Å². The van der Waals surface area contributed by atoms with Crippen LogP contribution >= 0.6 is 27.7 Å². The predicted molar refractivity (Wildman–Crippen MR) is 95.1 cm³/mol. The zero-order chi connectivity index (χ0) is 17.1. The van der Waals surface area contributed by atoms with E-state index in [0.717, 1.165) is 10.5 Å². The van der Waals surface area contributed by atoms with Crippen LogP contribution in [0, 0.1) is 0 Å². The van der Waals surface area contributed by atoms with Crippen LogP contribution in [0.2, 0.25) is 0 Å². The quantitative estimate of drug-likeness (QED) is 0.609. The van der Waals surface area contributed by atoms with Crippen LogP contribution in [0.25, 0.3) is 11.5 Å². The van der Waals surface area contributed by atoms with Crippen LogP contribution in [0.5, 0.6) is 0 Å². The molecule has 0 aliphatic heterocycles. The van der Waals surface area contributed by atoms with Crippen LogP contribution in [0.3, 0.4) is 0 Å². The summed E-state index contributed by atoms with van der Waals surface area (Å²) in [6.07, 6.45) is 0. The van der Waals surface area contributed by atoms with Crippen molar-refractivity contribution in [1.82, 2.24) is 10.2 Å². The Morgan fingerprint density at radius 2 is 2.04 bits per heavy atom. The predicted octanol–water partition coefficient (Wildman–Crippen LogP) is 4.84. The summed E-state index contributed by atoms with van der Waals surface area (Å²) in [4.78, 5) is 13.1. The van der Waals surface area contributed by atoms with Gasteiger partial charge < -0.3 is 8.83 Å². The van der Waals surface area contributed by atoms with Crippen molar-refractivity contribution >= 4 is 39.6 Å². The van der Waals surface area contributed by atoms with Crippen molar-refractivity contribution in [3.05, 3.63) is 46.8 Å². The molecule has 124 valence electrons. The van der Waals surface area contributed by atoms with Crippen LogP contribution in [-0.4, -0.2) is 21.4 Å². The Bertz CT molecular complexity index is 860. The first-order chi connectivity index (χ1) is 11.5. The lowest BCUT2D eigenvalue weighted by atomic mass is 10.2. The van der Waals surface area contributed by atoms with Crippen LogP contribution in [0.15, 0.2) is 54.8 Å². The summed E-state index contributed by atoms with van der Waals surface area (Å²) < 4.78 is 11.2. The monoisotopic (exact) mass is 407 g/mol. The Balaban J connectivity index is 1.74. The van der Waals surface area contributed by atoms with Crippen molar-refractivity contribution < 1.29 is 13.6 Å². The highest BCUT2D eigenvalue weighted by atomic mass is 79.9. The molecule has 0 unspecified atom stereocenters. The number of furan rings is 1. The van der Waals surface area contributed by atoms with E-state index in [-0.39, 0.29) is 11.8 Å². The zero-order valence-electron chi connectivity index (χ0n) is 12.9. The molecule has 24 heavy (non-hydrogen) atoms. The van der Waals surface area contributed by atoms with E-state index in [2.05, 4.69) is 45.3 Å². The van der Waals surface area contributed by atoms with Crippen molar-refractivity contribution in [3.63, 3.8) is 0 Å². The Morgan fingerprint density at radius 1 is 1.21 bits per heavy atom. The second-order valence-electron chi connectivity index (χ2n) is 5.16. The highest BCUT2D eigenvalue weighted by molar-refractivity contribution is 9.10. The number of carbonyl (C=O) groups excluding carboxylic acids is 1. The van der Waals surface area contributed by atoms with Crippen molar-refractivity contribution in [3.8, 4) is 11.5 Å². The van der Waals surface area contributed by atoms with Gasteiger partial charge in [-0.25, -0.2) is 0 Å². The molecule has 3 rings (SSSR count). The average molecular weight is 408 g/mol. The van der Waals surface area contributed by atoms with Crippen LogP contribution in [0.4, 0.5) is 6.01 Å². The lowest BCUT2D eigenvalue weighted by Gasteiger charge is -2.05. The van der Waals surface area contributed by atoms with Crippen molar-refractivity contribution in [2.75, 3.05) is 5.32 Å². The van der Waals surface area contributed by atoms with Gasteiger partial charge in [-0.2, -0.15) is 0 Å². The highest BCUT2D eigenvalue weighted by Gasteiger charge is 2.15. The Labute approximate surface area is 151 Å². The minimum absolute atomic E-state index is 0.0180. The zero-order valence-corrected chi connectivity index (χ0v) is 15.3. The number of hydrogen-bond donors (Lipinski definition) is 1. The van der Waals surface area contributed by atoms with Crippen molar-refractivity contribution in [2.24, 2.45) is 0 Å². The molecular weight excluding hydrogens is 394 g/mol. The standard InChI is InChI=1S/C16H14BrN3O3S/c1-9(2)24-11-5-3-4-10(8-11)15-19-20-16(23-15)18-14(21)12-6-7-13(17)22-12/h3-9H,1-2H3,(H,18,20,21). The molecule has 1 amide bonds. The molecule has 2 heterocycles. The maximum atomic E-state index is 12.0. The fraction of sp³-hybridized carbons (Fsp3) is 0.188. The first-order valence-corrected chi connectivity index (χ1v) is 8.86. The number of rotatable bonds is 5. The number of nitrogens with zero attached hydrogens (tertiary/aromatic N) is 2. The molecule has 0 bridgehead atoms. The van der Waals surface area contributed by atoms with Gasteiger partial charge in [0.15, 0.2) is 10.4 Å². The number of nitrogens with one attached hydrogen (secondary N) is 1. The normalized spacial score (nSPS) is 11.0. The van der Waals surface area contributed by atoms with E-state index in [0.29, 0.717) is 15.8 Å². The van der Waals surface area contributed by atoms with Gasteiger partial charge in [-0.05, 0) is 46.3 Å². The topological polar surface area (TPSA) is 81.2 Å². The molecule has 6 nitrogen and oxygen atoms in total. The number of amides is 1. The molecule has 1 aromatic carbocycles. The molecule has 0 atom stereocenters. The van der Waals surface area contributed by atoms with Gasteiger partial charge in [0.1, 0.15) is 0 Å². The van der Waals surface area contributed by atoms with E-state index in [1.54, 1.807) is 23.9 Å². The lowest BCUT2D eigenvalue weighted by Crippen LogP contribution is -2.10. The van der Waals surface area contributed by atoms with Crippen molar-refractivity contribution in [1.29, 1.82) is 0 Å². The van der Waals surface area contributed by atoms with Gasteiger partial charge in [0, 0.05) is 15.7 Å². The van der Waals surface area contributed by atoms with Gasteiger partial charge in [-0.3, -0.25) is 10.1 Å².